The van der Waals surface area contributed by atoms with E-state index in [9.17, 15) is 18.3 Å². The van der Waals surface area contributed by atoms with Gasteiger partial charge in [0.1, 0.15) is 0 Å². The number of aromatic carboxylic acids is 1. The molecule has 21 heavy (non-hydrogen) atoms. The van der Waals surface area contributed by atoms with Crippen LogP contribution < -0.4 is 4.72 Å². The lowest BCUT2D eigenvalue weighted by atomic mass is 9.89. The van der Waals surface area contributed by atoms with E-state index in [4.69, 9.17) is 0 Å². The summed E-state index contributed by atoms with van der Waals surface area (Å²) in [6.45, 7) is 0.978. The molecule has 6 nitrogen and oxygen atoms in total. The fourth-order valence-corrected chi connectivity index (χ4v) is 4.09. The van der Waals surface area contributed by atoms with Crippen molar-refractivity contribution in [3.63, 3.8) is 0 Å². The minimum Gasteiger partial charge on any atom is -0.478 e. The number of carboxylic acid groups (broad SMARTS) is 1. The van der Waals surface area contributed by atoms with Crippen molar-refractivity contribution in [1.82, 2.24) is 4.31 Å². The minimum atomic E-state index is -3.64. The van der Waals surface area contributed by atoms with E-state index in [1.165, 1.54) is 4.31 Å². The molecule has 0 saturated carbocycles. The normalized spacial score (nSPS) is 18.7. The molecule has 1 heterocycles. The zero-order valence-corrected chi connectivity index (χ0v) is 12.4. The summed E-state index contributed by atoms with van der Waals surface area (Å²) in [6, 6.07) is 3.31. The number of nitrogens with zero attached hydrogens (tertiary/aromatic N) is 1. The molecule has 0 atom stereocenters. The number of rotatable bonds is 4. The van der Waals surface area contributed by atoms with Crippen molar-refractivity contribution in [2.24, 2.45) is 0 Å². The summed E-state index contributed by atoms with van der Waals surface area (Å²) in [5, 5.41) is 9.33. The molecule has 0 radical (unpaired) electrons. The molecule has 1 aromatic rings. The van der Waals surface area contributed by atoms with Crippen LogP contribution in [0, 0.1) is 0 Å². The Morgan fingerprint density at radius 3 is 2.24 bits per heavy atom. The fourth-order valence-electron chi connectivity index (χ4n) is 2.78. The summed E-state index contributed by atoms with van der Waals surface area (Å²) in [5.41, 5.74) is 2.27. The summed E-state index contributed by atoms with van der Waals surface area (Å²) in [7, 11) is -3.64. The van der Waals surface area contributed by atoms with E-state index >= 15 is 0 Å². The van der Waals surface area contributed by atoms with Crippen LogP contribution in [0.2, 0.25) is 0 Å². The number of hydrogen-bond acceptors (Lipinski definition) is 3. The predicted octanol–water partition coefficient (Wildman–Crippen LogP) is 1.63. The van der Waals surface area contributed by atoms with Crippen molar-refractivity contribution in [2.45, 2.75) is 32.1 Å². The average molecular weight is 310 g/mol. The van der Waals surface area contributed by atoms with Crippen molar-refractivity contribution in [2.75, 3.05) is 17.8 Å². The zero-order chi connectivity index (χ0) is 15.0. The third-order valence-electron chi connectivity index (χ3n) is 4.11. The Hall–Kier alpha value is -1.60. The van der Waals surface area contributed by atoms with Gasteiger partial charge in [-0.2, -0.15) is 12.7 Å². The second-order valence-electron chi connectivity index (χ2n) is 5.54. The van der Waals surface area contributed by atoms with Gasteiger partial charge in [0.25, 0.3) is 0 Å². The van der Waals surface area contributed by atoms with Gasteiger partial charge in [0.2, 0.25) is 0 Å². The Bertz CT molecular complexity index is 680. The first-order valence-electron chi connectivity index (χ1n) is 7.14. The van der Waals surface area contributed by atoms with Gasteiger partial charge < -0.3 is 5.11 Å². The second kappa shape index (κ2) is 5.31. The van der Waals surface area contributed by atoms with E-state index in [0.29, 0.717) is 13.1 Å². The highest BCUT2D eigenvalue weighted by Crippen LogP contribution is 2.29. The number of carboxylic acids is 1. The molecule has 1 aromatic carbocycles. The second-order valence-corrected chi connectivity index (χ2v) is 7.21. The monoisotopic (exact) mass is 310 g/mol. The largest absolute Gasteiger partial charge is 0.478 e. The van der Waals surface area contributed by atoms with Crippen molar-refractivity contribution >= 4 is 21.9 Å². The highest BCUT2D eigenvalue weighted by molar-refractivity contribution is 7.90. The summed E-state index contributed by atoms with van der Waals surface area (Å²) < 4.78 is 28.0. The van der Waals surface area contributed by atoms with E-state index in [1.807, 2.05) is 0 Å². The molecule has 1 saturated heterocycles. The molecule has 0 aromatic heterocycles. The summed E-state index contributed by atoms with van der Waals surface area (Å²) in [6.07, 6.45) is 4.67. The Balaban J connectivity index is 1.98. The van der Waals surface area contributed by atoms with Gasteiger partial charge in [-0.3, -0.25) is 4.72 Å². The van der Waals surface area contributed by atoms with Gasteiger partial charge in [-0.1, -0.05) is 0 Å². The van der Waals surface area contributed by atoms with Gasteiger partial charge in [0, 0.05) is 13.1 Å². The SMILES string of the molecule is O=C(O)c1cc2c(cc1NS(=O)(=O)N1CCC1)CCCC2. The fraction of sp³-hybridized carbons (Fsp3) is 0.500. The van der Waals surface area contributed by atoms with Crippen LogP contribution in [0.4, 0.5) is 5.69 Å². The molecule has 2 N–H and O–H groups in total. The molecular weight excluding hydrogens is 292 g/mol. The molecule has 0 spiro atoms. The van der Waals surface area contributed by atoms with E-state index in [0.717, 1.165) is 43.2 Å². The van der Waals surface area contributed by atoms with Crippen LogP contribution in [0.3, 0.4) is 0 Å². The van der Waals surface area contributed by atoms with Crippen LogP contribution in [-0.4, -0.2) is 36.9 Å². The number of hydrogen-bond donors (Lipinski definition) is 2. The molecule has 7 heteroatoms. The lowest BCUT2D eigenvalue weighted by Gasteiger charge is -2.30. The zero-order valence-electron chi connectivity index (χ0n) is 11.6. The molecular formula is C14H18N2O4S. The number of nitrogens with one attached hydrogen (secondary N) is 1. The van der Waals surface area contributed by atoms with E-state index < -0.39 is 16.2 Å². The highest BCUT2D eigenvalue weighted by atomic mass is 32.2. The first-order chi connectivity index (χ1) is 9.97. The van der Waals surface area contributed by atoms with Crippen LogP contribution in [0.5, 0.6) is 0 Å². The maximum atomic E-state index is 12.1. The average Bonchev–Trinajstić information content (AvgIpc) is 2.34. The lowest BCUT2D eigenvalue weighted by molar-refractivity contribution is 0.0698. The van der Waals surface area contributed by atoms with E-state index in [2.05, 4.69) is 4.72 Å². The Kier molecular flexibility index (Phi) is 3.62. The van der Waals surface area contributed by atoms with Gasteiger partial charge in [-0.05, 0) is 55.4 Å². The van der Waals surface area contributed by atoms with Crippen LogP contribution >= 0.6 is 0 Å². The molecule has 1 fully saturated rings. The molecule has 114 valence electrons. The number of fused-ring (bicyclic) bond motifs is 1. The van der Waals surface area contributed by atoms with Crippen molar-refractivity contribution in [1.29, 1.82) is 0 Å². The maximum absolute atomic E-state index is 12.1. The minimum absolute atomic E-state index is 0.0275. The Morgan fingerprint density at radius 1 is 1.10 bits per heavy atom. The van der Waals surface area contributed by atoms with Gasteiger partial charge in [-0.15, -0.1) is 0 Å². The molecule has 0 bridgehead atoms. The molecule has 0 unspecified atom stereocenters. The maximum Gasteiger partial charge on any atom is 0.337 e. The quantitative estimate of drug-likeness (QED) is 0.885. The third-order valence-corrected chi connectivity index (χ3v) is 5.63. The van der Waals surface area contributed by atoms with Gasteiger partial charge in [0.15, 0.2) is 0 Å². The van der Waals surface area contributed by atoms with Crippen LogP contribution in [0.15, 0.2) is 12.1 Å². The molecule has 1 aliphatic heterocycles. The summed E-state index contributed by atoms with van der Waals surface area (Å²) in [4.78, 5) is 11.4. The number of aryl methyl sites for hydroxylation is 2. The van der Waals surface area contributed by atoms with E-state index in [1.54, 1.807) is 12.1 Å². The smallest absolute Gasteiger partial charge is 0.337 e. The molecule has 2 aliphatic rings. The van der Waals surface area contributed by atoms with Crippen molar-refractivity contribution < 1.29 is 18.3 Å². The van der Waals surface area contributed by atoms with Gasteiger partial charge >= 0.3 is 16.2 Å². The standard InChI is InChI=1S/C14H18N2O4S/c17-14(18)12-8-10-4-1-2-5-11(10)9-13(12)15-21(19,20)16-6-3-7-16/h8-9,15H,1-7H2,(H,17,18). The molecule has 1 aliphatic carbocycles. The topological polar surface area (TPSA) is 86.7 Å². The van der Waals surface area contributed by atoms with Crippen molar-refractivity contribution in [3.8, 4) is 0 Å². The van der Waals surface area contributed by atoms with Crippen molar-refractivity contribution in [3.05, 3.63) is 28.8 Å². The van der Waals surface area contributed by atoms with E-state index in [-0.39, 0.29) is 11.3 Å². The Morgan fingerprint density at radius 2 is 1.71 bits per heavy atom. The summed E-state index contributed by atoms with van der Waals surface area (Å²) in [5.74, 6) is -1.11. The first kappa shape index (κ1) is 14.3. The molecule has 0 amide bonds. The number of anilines is 1. The lowest BCUT2D eigenvalue weighted by Crippen LogP contribution is -2.45. The van der Waals surface area contributed by atoms with Gasteiger partial charge in [-0.25, -0.2) is 4.79 Å². The van der Waals surface area contributed by atoms with Crippen LogP contribution in [0.1, 0.15) is 40.7 Å². The van der Waals surface area contributed by atoms with Gasteiger partial charge in [0.05, 0.1) is 11.3 Å². The highest BCUT2D eigenvalue weighted by Gasteiger charge is 2.29. The third kappa shape index (κ3) is 2.75. The molecule has 3 rings (SSSR count). The number of benzene rings is 1. The van der Waals surface area contributed by atoms with Crippen LogP contribution in [-0.2, 0) is 23.1 Å². The Labute approximate surface area is 124 Å². The van der Waals surface area contributed by atoms with Crippen LogP contribution in [0.25, 0.3) is 0 Å². The first-order valence-corrected chi connectivity index (χ1v) is 8.58. The number of carbonyl (C=O) groups is 1. The predicted molar refractivity (Wildman–Crippen MR) is 78.8 cm³/mol. The summed E-state index contributed by atoms with van der Waals surface area (Å²) >= 11 is 0.